The summed E-state index contributed by atoms with van der Waals surface area (Å²) in [4.78, 5) is 12.6. The van der Waals surface area contributed by atoms with Crippen molar-refractivity contribution in [3.63, 3.8) is 0 Å². The number of aryl methyl sites for hydroxylation is 1. The lowest BCUT2D eigenvalue weighted by Crippen LogP contribution is -2.29. The average molecular weight is 358 g/mol. The van der Waals surface area contributed by atoms with Crippen LogP contribution in [0.4, 0.5) is 4.39 Å². The zero-order valence-electron chi connectivity index (χ0n) is 15.5. The summed E-state index contributed by atoms with van der Waals surface area (Å²) in [5, 5.41) is 13.0. The van der Waals surface area contributed by atoms with E-state index < -0.39 is 11.9 Å². The molecule has 2 aromatic rings. The number of rotatable bonds is 5. The monoisotopic (exact) mass is 358 g/mol. The Morgan fingerprint density at radius 3 is 2.69 bits per heavy atom. The number of benzene rings is 1. The Morgan fingerprint density at radius 1 is 1.27 bits per heavy atom. The maximum atomic E-state index is 13.3. The maximum Gasteiger partial charge on any atom is 0.253 e. The van der Waals surface area contributed by atoms with Gasteiger partial charge in [0, 0.05) is 24.0 Å². The van der Waals surface area contributed by atoms with Crippen LogP contribution in [0.5, 0.6) is 0 Å². The first-order valence-electron chi connectivity index (χ1n) is 9.37. The van der Waals surface area contributed by atoms with Crippen molar-refractivity contribution in [2.45, 2.75) is 58.1 Å². The molecule has 1 amide bonds. The van der Waals surface area contributed by atoms with Crippen LogP contribution in [0.15, 0.2) is 30.3 Å². The van der Waals surface area contributed by atoms with Crippen LogP contribution in [0.2, 0.25) is 0 Å². The van der Waals surface area contributed by atoms with E-state index in [1.54, 1.807) is 12.1 Å². The molecule has 1 aliphatic carbocycles. The number of amides is 1. The molecular formula is C21H27FN2O2. The first-order chi connectivity index (χ1) is 12.5. The van der Waals surface area contributed by atoms with Gasteiger partial charge in [0.2, 0.25) is 0 Å². The number of carbonyl (C=O) groups is 1. The molecule has 0 aliphatic heterocycles. The fourth-order valence-corrected chi connectivity index (χ4v) is 4.02. The zero-order chi connectivity index (χ0) is 18.7. The lowest BCUT2D eigenvalue weighted by atomic mass is 9.95. The van der Waals surface area contributed by atoms with Crippen molar-refractivity contribution in [1.29, 1.82) is 0 Å². The Bertz CT molecular complexity index is 778. The summed E-state index contributed by atoms with van der Waals surface area (Å²) in [7, 11) is 0. The first kappa shape index (κ1) is 18.6. The van der Waals surface area contributed by atoms with Crippen molar-refractivity contribution < 1.29 is 14.3 Å². The summed E-state index contributed by atoms with van der Waals surface area (Å²) in [6.07, 6.45) is 5.16. The number of aliphatic hydroxyl groups excluding tert-OH is 1. The molecule has 2 N–H and O–H groups in total. The minimum absolute atomic E-state index is 0.0510. The summed E-state index contributed by atoms with van der Waals surface area (Å²) in [6.45, 7) is 4.08. The van der Waals surface area contributed by atoms with Crippen LogP contribution in [0.1, 0.15) is 71.6 Å². The fraction of sp³-hybridized carbons (Fsp3) is 0.476. The number of nitrogens with zero attached hydrogens (tertiary/aromatic N) is 1. The van der Waals surface area contributed by atoms with E-state index in [4.69, 9.17) is 0 Å². The third kappa shape index (κ3) is 3.98. The number of aromatic nitrogens is 1. The molecular weight excluding hydrogens is 331 g/mol. The lowest BCUT2D eigenvalue weighted by Gasteiger charge is -2.26. The van der Waals surface area contributed by atoms with Gasteiger partial charge in [0.1, 0.15) is 5.82 Å². The average Bonchev–Trinajstić information content (AvgIpc) is 2.94. The molecule has 3 rings (SSSR count). The Hall–Kier alpha value is -2.14. The predicted octanol–water partition coefficient (Wildman–Crippen LogP) is 4.21. The Kier molecular flexibility index (Phi) is 5.77. The quantitative estimate of drug-likeness (QED) is 0.841. The van der Waals surface area contributed by atoms with Crippen LogP contribution in [-0.2, 0) is 0 Å². The highest BCUT2D eigenvalue weighted by molar-refractivity contribution is 5.95. The van der Waals surface area contributed by atoms with Gasteiger partial charge in [0.25, 0.3) is 5.91 Å². The number of aliphatic hydroxyl groups is 1. The molecule has 1 saturated carbocycles. The normalized spacial score (nSPS) is 16.5. The molecule has 26 heavy (non-hydrogen) atoms. The Balaban J connectivity index is 1.68. The second-order valence-electron chi connectivity index (χ2n) is 7.23. The van der Waals surface area contributed by atoms with Gasteiger partial charge in [-0.2, -0.15) is 0 Å². The van der Waals surface area contributed by atoms with E-state index in [0.29, 0.717) is 17.2 Å². The SMILES string of the molecule is Cc1cc(C(=O)NCC(O)c2cccc(F)c2)c(C)n1C1CCCCC1. The van der Waals surface area contributed by atoms with Gasteiger partial charge in [-0.05, 0) is 50.5 Å². The molecule has 1 aliphatic rings. The molecule has 0 bridgehead atoms. The standard InChI is InChI=1S/C21H27FN2O2/c1-14-11-19(15(2)24(14)18-9-4-3-5-10-18)21(26)23-13-20(25)16-7-6-8-17(22)12-16/h6-8,11-12,18,20,25H,3-5,9-10,13H2,1-2H3,(H,23,26). The summed E-state index contributed by atoms with van der Waals surface area (Å²) in [5.41, 5.74) is 3.19. The second-order valence-corrected chi connectivity index (χ2v) is 7.23. The van der Waals surface area contributed by atoms with Crippen LogP contribution in [0.3, 0.4) is 0 Å². The van der Waals surface area contributed by atoms with Gasteiger partial charge in [0.15, 0.2) is 0 Å². The number of halogens is 1. The van der Waals surface area contributed by atoms with Crippen LogP contribution in [-0.4, -0.2) is 22.1 Å². The zero-order valence-corrected chi connectivity index (χ0v) is 15.5. The van der Waals surface area contributed by atoms with Gasteiger partial charge in [-0.25, -0.2) is 4.39 Å². The molecule has 0 spiro atoms. The minimum Gasteiger partial charge on any atom is -0.387 e. The largest absolute Gasteiger partial charge is 0.387 e. The summed E-state index contributed by atoms with van der Waals surface area (Å²) >= 11 is 0. The fourth-order valence-electron chi connectivity index (χ4n) is 4.02. The van der Waals surface area contributed by atoms with E-state index >= 15 is 0 Å². The molecule has 1 heterocycles. The molecule has 0 saturated heterocycles. The Morgan fingerprint density at radius 2 is 2.00 bits per heavy atom. The summed E-state index contributed by atoms with van der Waals surface area (Å²) in [5.74, 6) is -0.598. The number of carbonyl (C=O) groups excluding carboxylic acids is 1. The molecule has 1 fully saturated rings. The van der Waals surface area contributed by atoms with Crippen molar-refractivity contribution in [2.24, 2.45) is 0 Å². The van der Waals surface area contributed by atoms with Crippen molar-refractivity contribution >= 4 is 5.91 Å². The van der Waals surface area contributed by atoms with Crippen molar-refractivity contribution in [1.82, 2.24) is 9.88 Å². The molecule has 140 valence electrons. The minimum atomic E-state index is -0.934. The molecule has 5 heteroatoms. The molecule has 4 nitrogen and oxygen atoms in total. The second kappa shape index (κ2) is 8.04. The molecule has 0 radical (unpaired) electrons. The van der Waals surface area contributed by atoms with Crippen molar-refractivity contribution in [2.75, 3.05) is 6.54 Å². The molecule has 1 aromatic carbocycles. The van der Waals surface area contributed by atoms with E-state index in [-0.39, 0.29) is 12.5 Å². The van der Waals surface area contributed by atoms with E-state index in [1.165, 1.54) is 31.4 Å². The van der Waals surface area contributed by atoms with Crippen LogP contribution >= 0.6 is 0 Å². The van der Waals surface area contributed by atoms with Gasteiger partial charge >= 0.3 is 0 Å². The van der Waals surface area contributed by atoms with Gasteiger partial charge in [-0.1, -0.05) is 31.4 Å². The van der Waals surface area contributed by atoms with Crippen LogP contribution < -0.4 is 5.32 Å². The van der Waals surface area contributed by atoms with Crippen LogP contribution in [0, 0.1) is 19.7 Å². The topological polar surface area (TPSA) is 54.3 Å². The predicted molar refractivity (Wildman–Crippen MR) is 99.7 cm³/mol. The molecule has 1 aromatic heterocycles. The molecule has 1 unspecified atom stereocenters. The smallest absolute Gasteiger partial charge is 0.253 e. The highest BCUT2D eigenvalue weighted by Crippen LogP contribution is 2.32. The Labute approximate surface area is 154 Å². The highest BCUT2D eigenvalue weighted by atomic mass is 19.1. The van der Waals surface area contributed by atoms with Crippen molar-refractivity contribution in [3.05, 3.63) is 58.7 Å². The van der Waals surface area contributed by atoms with E-state index in [2.05, 4.69) is 9.88 Å². The number of nitrogens with one attached hydrogen (secondary N) is 1. The van der Waals surface area contributed by atoms with E-state index in [9.17, 15) is 14.3 Å². The lowest BCUT2D eigenvalue weighted by molar-refractivity contribution is 0.0915. The van der Waals surface area contributed by atoms with Gasteiger partial charge in [-0.15, -0.1) is 0 Å². The van der Waals surface area contributed by atoms with Gasteiger partial charge in [-0.3, -0.25) is 4.79 Å². The summed E-state index contributed by atoms with van der Waals surface area (Å²) < 4.78 is 15.6. The van der Waals surface area contributed by atoms with Crippen molar-refractivity contribution in [3.8, 4) is 0 Å². The van der Waals surface area contributed by atoms with Gasteiger partial charge < -0.3 is 15.0 Å². The first-order valence-corrected chi connectivity index (χ1v) is 9.37. The van der Waals surface area contributed by atoms with Crippen LogP contribution in [0.25, 0.3) is 0 Å². The number of hydrogen-bond acceptors (Lipinski definition) is 2. The highest BCUT2D eigenvalue weighted by Gasteiger charge is 2.23. The van der Waals surface area contributed by atoms with E-state index in [1.807, 2.05) is 19.9 Å². The maximum absolute atomic E-state index is 13.3. The van der Waals surface area contributed by atoms with Gasteiger partial charge in [0.05, 0.1) is 11.7 Å². The third-order valence-corrected chi connectivity index (χ3v) is 5.36. The summed E-state index contributed by atoms with van der Waals surface area (Å²) in [6, 6.07) is 8.21. The third-order valence-electron chi connectivity index (χ3n) is 5.36. The molecule has 1 atom stereocenters. The number of hydrogen-bond donors (Lipinski definition) is 2. The van der Waals surface area contributed by atoms with E-state index in [0.717, 1.165) is 24.2 Å².